The topological polar surface area (TPSA) is 59.0 Å². The van der Waals surface area contributed by atoms with E-state index in [1.165, 1.54) is 12.8 Å². The number of amides is 1. The fraction of sp³-hybridized carbons (Fsp3) is 0.667. The molecule has 2 N–H and O–H groups in total. The van der Waals surface area contributed by atoms with Crippen LogP contribution < -0.4 is 10.6 Å². The van der Waals surface area contributed by atoms with Gasteiger partial charge in [0.2, 0.25) is 5.91 Å². The molecule has 1 aromatic heterocycles. The number of nitrogens with zero attached hydrogens (tertiary/aromatic N) is 2. The maximum absolute atomic E-state index is 12.0. The van der Waals surface area contributed by atoms with E-state index in [0.717, 1.165) is 12.1 Å². The summed E-state index contributed by atoms with van der Waals surface area (Å²) in [4.78, 5) is 12.0. The molecule has 0 spiro atoms. The molecule has 2 rings (SSSR count). The molecule has 102 valence electrons. The van der Waals surface area contributed by atoms with Crippen LogP contribution in [0.15, 0.2) is 12.4 Å². The van der Waals surface area contributed by atoms with Crippen LogP contribution >= 0.6 is 12.4 Å². The van der Waals surface area contributed by atoms with Gasteiger partial charge in [0.15, 0.2) is 0 Å². The lowest BCUT2D eigenvalue weighted by Crippen LogP contribution is -2.38. The highest BCUT2D eigenvalue weighted by Gasteiger charge is 2.37. The van der Waals surface area contributed by atoms with E-state index >= 15 is 0 Å². The number of aryl methyl sites for hydroxylation is 1. The van der Waals surface area contributed by atoms with Gasteiger partial charge in [-0.1, -0.05) is 6.92 Å². The Hall–Kier alpha value is -1.07. The van der Waals surface area contributed by atoms with E-state index in [9.17, 15) is 4.79 Å². The highest BCUT2D eigenvalue weighted by molar-refractivity contribution is 5.85. The van der Waals surface area contributed by atoms with Crippen molar-refractivity contribution >= 4 is 18.3 Å². The third-order valence-corrected chi connectivity index (χ3v) is 3.40. The maximum Gasteiger partial charge on any atom is 0.241 e. The van der Waals surface area contributed by atoms with Crippen molar-refractivity contribution in [2.45, 2.75) is 25.8 Å². The molecule has 1 amide bonds. The van der Waals surface area contributed by atoms with Crippen molar-refractivity contribution in [3.63, 3.8) is 0 Å². The van der Waals surface area contributed by atoms with Gasteiger partial charge in [-0.15, -0.1) is 12.4 Å². The number of aromatic nitrogens is 2. The first-order valence-electron chi connectivity index (χ1n) is 5.98. The molecule has 1 aliphatic rings. The standard InChI is InChI=1S/C12H20N4O.ClH/c1-12(4-5-12)8-14-11(17)10(13-2)9-6-15-16(3)7-9;/h6-7,10,13H,4-5,8H2,1-3H3,(H,14,17);1H. The summed E-state index contributed by atoms with van der Waals surface area (Å²) in [5.74, 6) is 0.0219. The minimum absolute atomic E-state index is 0. The first kappa shape index (κ1) is 15.0. The van der Waals surface area contributed by atoms with Crippen molar-refractivity contribution in [3.8, 4) is 0 Å². The molecule has 0 aliphatic heterocycles. The fourth-order valence-electron chi connectivity index (χ4n) is 1.83. The van der Waals surface area contributed by atoms with Crippen molar-refractivity contribution < 1.29 is 4.79 Å². The van der Waals surface area contributed by atoms with E-state index in [1.807, 2.05) is 13.2 Å². The second-order valence-corrected chi connectivity index (χ2v) is 5.20. The van der Waals surface area contributed by atoms with E-state index in [2.05, 4.69) is 22.7 Å². The summed E-state index contributed by atoms with van der Waals surface area (Å²) < 4.78 is 1.70. The number of halogens is 1. The molecule has 1 atom stereocenters. The Bertz CT molecular complexity index is 414. The molecule has 1 unspecified atom stereocenters. The Morgan fingerprint density at radius 1 is 1.61 bits per heavy atom. The van der Waals surface area contributed by atoms with Gasteiger partial charge < -0.3 is 10.6 Å². The smallest absolute Gasteiger partial charge is 0.241 e. The summed E-state index contributed by atoms with van der Waals surface area (Å²) in [6.07, 6.45) is 6.01. The molecular weight excluding hydrogens is 252 g/mol. The highest BCUT2D eigenvalue weighted by Crippen LogP contribution is 2.44. The zero-order chi connectivity index (χ0) is 12.5. The predicted octanol–water partition coefficient (Wildman–Crippen LogP) is 1.02. The van der Waals surface area contributed by atoms with Gasteiger partial charge in [-0.25, -0.2) is 0 Å². The Kier molecular flexibility index (Phi) is 4.76. The van der Waals surface area contributed by atoms with Crippen molar-refractivity contribution in [1.82, 2.24) is 20.4 Å². The highest BCUT2D eigenvalue weighted by atomic mass is 35.5. The van der Waals surface area contributed by atoms with E-state index in [-0.39, 0.29) is 24.4 Å². The van der Waals surface area contributed by atoms with Crippen LogP contribution in [0.3, 0.4) is 0 Å². The maximum atomic E-state index is 12.0. The summed E-state index contributed by atoms with van der Waals surface area (Å²) in [6.45, 7) is 2.97. The number of likely N-dealkylation sites (N-methyl/N-ethyl adjacent to an activating group) is 1. The molecule has 1 aliphatic carbocycles. The summed E-state index contributed by atoms with van der Waals surface area (Å²) in [7, 11) is 3.63. The normalized spacial score (nSPS) is 17.7. The molecule has 0 aromatic carbocycles. The number of nitrogens with one attached hydrogen (secondary N) is 2. The average molecular weight is 273 g/mol. The number of hydrogen-bond donors (Lipinski definition) is 2. The first-order chi connectivity index (χ1) is 8.04. The van der Waals surface area contributed by atoms with Crippen LogP contribution in [0.25, 0.3) is 0 Å². The van der Waals surface area contributed by atoms with Crippen LogP contribution in [0.2, 0.25) is 0 Å². The zero-order valence-electron chi connectivity index (χ0n) is 11.1. The van der Waals surface area contributed by atoms with Gasteiger partial charge in [-0.05, 0) is 25.3 Å². The monoisotopic (exact) mass is 272 g/mol. The van der Waals surface area contributed by atoms with Crippen LogP contribution in [-0.4, -0.2) is 29.3 Å². The Morgan fingerprint density at radius 2 is 2.28 bits per heavy atom. The van der Waals surface area contributed by atoms with Crippen LogP contribution in [0.4, 0.5) is 0 Å². The van der Waals surface area contributed by atoms with Crippen molar-refractivity contribution in [2.75, 3.05) is 13.6 Å². The zero-order valence-corrected chi connectivity index (χ0v) is 11.9. The van der Waals surface area contributed by atoms with E-state index in [1.54, 1.807) is 17.9 Å². The Balaban J connectivity index is 0.00000162. The van der Waals surface area contributed by atoms with E-state index in [4.69, 9.17) is 0 Å². The third-order valence-electron chi connectivity index (χ3n) is 3.40. The molecule has 1 saturated carbocycles. The quantitative estimate of drug-likeness (QED) is 0.841. The predicted molar refractivity (Wildman–Crippen MR) is 72.6 cm³/mol. The number of carbonyl (C=O) groups excluding carboxylic acids is 1. The molecular formula is C12H21ClN4O. The lowest BCUT2D eigenvalue weighted by molar-refractivity contribution is -0.123. The SMILES string of the molecule is CNC(C(=O)NCC1(C)CC1)c1cnn(C)c1.Cl. The number of rotatable bonds is 5. The molecule has 5 nitrogen and oxygen atoms in total. The number of hydrogen-bond acceptors (Lipinski definition) is 3. The van der Waals surface area contributed by atoms with E-state index < -0.39 is 0 Å². The third kappa shape index (κ3) is 3.46. The van der Waals surface area contributed by atoms with E-state index in [0.29, 0.717) is 5.41 Å². The fourth-order valence-corrected chi connectivity index (χ4v) is 1.83. The summed E-state index contributed by atoms with van der Waals surface area (Å²) in [5, 5.41) is 10.1. The molecule has 1 fully saturated rings. The lowest BCUT2D eigenvalue weighted by Gasteiger charge is -2.16. The van der Waals surface area contributed by atoms with Crippen LogP contribution in [-0.2, 0) is 11.8 Å². The van der Waals surface area contributed by atoms with Gasteiger partial charge in [0.05, 0.1) is 6.20 Å². The first-order valence-corrected chi connectivity index (χ1v) is 5.98. The van der Waals surface area contributed by atoms with Crippen LogP contribution in [0, 0.1) is 5.41 Å². The second-order valence-electron chi connectivity index (χ2n) is 5.20. The van der Waals surface area contributed by atoms with Gasteiger partial charge in [-0.2, -0.15) is 5.10 Å². The molecule has 0 bridgehead atoms. The van der Waals surface area contributed by atoms with Crippen LogP contribution in [0.1, 0.15) is 31.4 Å². The molecule has 18 heavy (non-hydrogen) atoms. The largest absolute Gasteiger partial charge is 0.354 e. The van der Waals surface area contributed by atoms with Gasteiger partial charge in [0.25, 0.3) is 0 Å². The Labute approximate surface area is 114 Å². The molecule has 1 heterocycles. The van der Waals surface area contributed by atoms with Gasteiger partial charge in [0, 0.05) is 25.4 Å². The minimum atomic E-state index is -0.314. The van der Waals surface area contributed by atoms with Crippen molar-refractivity contribution in [3.05, 3.63) is 18.0 Å². The molecule has 6 heteroatoms. The Morgan fingerprint density at radius 3 is 2.72 bits per heavy atom. The molecule has 1 aromatic rings. The average Bonchev–Trinajstić information content (AvgIpc) is 2.88. The number of carbonyl (C=O) groups is 1. The lowest BCUT2D eigenvalue weighted by atomic mass is 10.1. The second kappa shape index (κ2) is 5.71. The van der Waals surface area contributed by atoms with Crippen molar-refractivity contribution in [1.29, 1.82) is 0 Å². The van der Waals surface area contributed by atoms with Gasteiger partial charge in [-0.3, -0.25) is 9.48 Å². The summed E-state index contributed by atoms with van der Waals surface area (Å²) >= 11 is 0. The molecule has 0 saturated heterocycles. The van der Waals surface area contributed by atoms with Crippen molar-refractivity contribution in [2.24, 2.45) is 12.5 Å². The summed E-state index contributed by atoms with van der Waals surface area (Å²) in [6, 6.07) is -0.314. The summed E-state index contributed by atoms with van der Waals surface area (Å²) in [5.41, 5.74) is 1.23. The molecule has 0 radical (unpaired) electrons. The van der Waals surface area contributed by atoms with Crippen LogP contribution in [0.5, 0.6) is 0 Å². The minimum Gasteiger partial charge on any atom is -0.354 e. The van der Waals surface area contributed by atoms with Gasteiger partial charge in [0.1, 0.15) is 6.04 Å². The van der Waals surface area contributed by atoms with Gasteiger partial charge >= 0.3 is 0 Å².